The van der Waals surface area contributed by atoms with Gasteiger partial charge in [0.25, 0.3) is 5.91 Å². The van der Waals surface area contributed by atoms with Crippen molar-refractivity contribution in [1.82, 2.24) is 10.2 Å². The highest BCUT2D eigenvalue weighted by Gasteiger charge is 2.38. The summed E-state index contributed by atoms with van der Waals surface area (Å²) in [5.74, 6) is 0.0397. The molecule has 2 atom stereocenters. The van der Waals surface area contributed by atoms with Crippen LogP contribution in [0.1, 0.15) is 29.6 Å². The smallest absolute Gasteiger partial charge is 0.255 e. The van der Waals surface area contributed by atoms with Crippen molar-refractivity contribution in [2.24, 2.45) is 0 Å². The summed E-state index contributed by atoms with van der Waals surface area (Å²) >= 11 is 12.0. The summed E-state index contributed by atoms with van der Waals surface area (Å²) in [6, 6.07) is 5.73. The summed E-state index contributed by atoms with van der Waals surface area (Å²) < 4.78 is 0. The molecule has 0 spiro atoms. The van der Waals surface area contributed by atoms with Gasteiger partial charge in [0.1, 0.15) is 0 Å². The first-order valence-electron chi connectivity index (χ1n) is 6.65. The lowest BCUT2D eigenvalue weighted by molar-refractivity contribution is 0.0680. The van der Waals surface area contributed by atoms with E-state index >= 15 is 0 Å². The van der Waals surface area contributed by atoms with E-state index in [1.54, 1.807) is 18.2 Å². The van der Waals surface area contributed by atoms with Gasteiger partial charge in [-0.05, 0) is 44.0 Å². The molecule has 1 aromatic carbocycles. The van der Waals surface area contributed by atoms with Crippen LogP contribution in [0.5, 0.6) is 0 Å². The van der Waals surface area contributed by atoms with Crippen LogP contribution in [0.15, 0.2) is 18.2 Å². The molecule has 1 amide bonds. The Kier molecular flexibility index (Phi) is 5.19. The van der Waals surface area contributed by atoms with E-state index in [9.17, 15) is 4.79 Å². The molecule has 0 aromatic heterocycles. The molecule has 6 heteroatoms. The molecule has 0 aliphatic carbocycles. The normalized spacial score (nSPS) is 25.0. The average molecular weight is 336 g/mol. The zero-order valence-electron chi connectivity index (χ0n) is 10.9. The topological polar surface area (TPSA) is 32.3 Å². The predicted octanol–water partition coefficient (Wildman–Crippen LogP) is 3.38. The molecule has 0 saturated carbocycles. The summed E-state index contributed by atoms with van der Waals surface area (Å²) in [7, 11) is 0. The summed E-state index contributed by atoms with van der Waals surface area (Å²) in [4.78, 5) is 14.7. The van der Waals surface area contributed by atoms with Crippen LogP contribution < -0.4 is 5.32 Å². The third kappa shape index (κ3) is 2.91. The quantitative estimate of drug-likeness (QED) is 0.853. The van der Waals surface area contributed by atoms with Gasteiger partial charge in [-0.2, -0.15) is 0 Å². The van der Waals surface area contributed by atoms with Crippen LogP contribution in [0.3, 0.4) is 0 Å². The number of carbonyl (C=O) groups excluding carboxylic acids is 1. The first kappa shape index (κ1) is 15.9. The van der Waals surface area contributed by atoms with Gasteiger partial charge in [-0.1, -0.05) is 23.2 Å². The second-order valence-electron chi connectivity index (χ2n) is 5.21. The van der Waals surface area contributed by atoms with Gasteiger partial charge in [0.05, 0.1) is 10.6 Å². The lowest BCUT2D eigenvalue weighted by atomic mass is 10.1. The van der Waals surface area contributed by atoms with Crippen molar-refractivity contribution >= 4 is 41.5 Å². The lowest BCUT2D eigenvalue weighted by Gasteiger charge is -2.28. The Hall–Kier alpha value is -0.480. The fourth-order valence-corrected chi connectivity index (χ4v) is 3.61. The van der Waals surface area contributed by atoms with Crippen LogP contribution in [0.25, 0.3) is 0 Å². The highest BCUT2D eigenvalue weighted by atomic mass is 35.5. The Morgan fingerprint density at radius 2 is 1.95 bits per heavy atom. The van der Waals surface area contributed by atoms with E-state index in [2.05, 4.69) is 5.32 Å². The Morgan fingerprint density at radius 3 is 2.70 bits per heavy atom. The molecular formula is C14H17Cl3N2O. The van der Waals surface area contributed by atoms with Gasteiger partial charge in [-0.3, -0.25) is 4.79 Å². The van der Waals surface area contributed by atoms with Crippen molar-refractivity contribution < 1.29 is 4.79 Å². The maximum absolute atomic E-state index is 12.7. The van der Waals surface area contributed by atoms with Gasteiger partial charge in [0, 0.05) is 23.7 Å². The average Bonchev–Trinajstić information content (AvgIpc) is 2.62. The van der Waals surface area contributed by atoms with Crippen LogP contribution in [0, 0.1) is 0 Å². The monoisotopic (exact) mass is 334 g/mol. The van der Waals surface area contributed by atoms with Gasteiger partial charge in [-0.15, -0.1) is 12.4 Å². The van der Waals surface area contributed by atoms with E-state index in [1.165, 1.54) is 0 Å². The molecule has 3 rings (SSSR count). The summed E-state index contributed by atoms with van der Waals surface area (Å²) in [6.45, 7) is 1.87. The maximum Gasteiger partial charge on any atom is 0.255 e. The Bertz CT molecular complexity index is 495. The first-order chi connectivity index (χ1) is 9.16. The standard InChI is InChI=1S/C14H16Cl2N2O.ClH/c15-9-1-4-12(13(16)7-9)14(19)18-10-2-3-11(18)8-17-6-5-10;/h1,4,7,10-11,17H,2-3,5-6,8H2;1H. The fourth-order valence-electron chi connectivity index (χ4n) is 3.12. The minimum Gasteiger partial charge on any atom is -0.331 e. The Labute approximate surface area is 135 Å². The van der Waals surface area contributed by atoms with E-state index in [4.69, 9.17) is 23.2 Å². The van der Waals surface area contributed by atoms with Crippen molar-refractivity contribution in [3.05, 3.63) is 33.8 Å². The molecule has 2 unspecified atom stereocenters. The molecule has 110 valence electrons. The third-order valence-electron chi connectivity index (χ3n) is 4.05. The molecule has 3 nitrogen and oxygen atoms in total. The molecule has 2 fully saturated rings. The van der Waals surface area contributed by atoms with Gasteiger partial charge < -0.3 is 10.2 Å². The van der Waals surface area contributed by atoms with E-state index in [-0.39, 0.29) is 18.3 Å². The zero-order valence-corrected chi connectivity index (χ0v) is 13.3. The van der Waals surface area contributed by atoms with Gasteiger partial charge >= 0.3 is 0 Å². The van der Waals surface area contributed by atoms with E-state index in [0.717, 1.165) is 32.4 Å². The van der Waals surface area contributed by atoms with Crippen molar-refractivity contribution in [2.75, 3.05) is 13.1 Å². The molecule has 2 saturated heterocycles. The summed E-state index contributed by atoms with van der Waals surface area (Å²) in [5.41, 5.74) is 0.560. The Morgan fingerprint density at radius 1 is 1.20 bits per heavy atom. The number of nitrogens with zero attached hydrogens (tertiary/aromatic N) is 1. The fraction of sp³-hybridized carbons (Fsp3) is 0.500. The second kappa shape index (κ2) is 6.52. The molecule has 2 aliphatic rings. The van der Waals surface area contributed by atoms with Crippen LogP contribution in [-0.2, 0) is 0 Å². The third-order valence-corrected chi connectivity index (χ3v) is 4.60. The largest absolute Gasteiger partial charge is 0.331 e. The number of halogens is 3. The van der Waals surface area contributed by atoms with Crippen molar-refractivity contribution in [3.63, 3.8) is 0 Å². The molecule has 1 aromatic rings. The molecule has 1 N–H and O–H groups in total. The van der Waals surface area contributed by atoms with Crippen LogP contribution in [0.4, 0.5) is 0 Å². The molecular weight excluding hydrogens is 319 g/mol. The number of carbonyl (C=O) groups is 1. The van der Waals surface area contributed by atoms with E-state index in [1.807, 2.05) is 4.90 Å². The molecule has 0 radical (unpaired) electrons. The molecule has 20 heavy (non-hydrogen) atoms. The van der Waals surface area contributed by atoms with E-state index in [0.29, 0.717) is 27.7 Å². The van der Waals surface area contributed by atoms with Crippen LogP contribution >= 0.6 is 35.6 Å². The second-order valence-corrected chi connectivity index (χ2v) is 6.06. The number of hydrogen-bond donors (Lipinski definition) is 1. The highest BCUT2D eigenvalue weighted by molar-refractivity contribution is 6.36. The van der Waals surface area contributed by atoms with Gasteiger partial charge in [0.2, 0.25) is 0 Å². The van der Waals surface area contributed by atoms with Gasteiger partial charge in [-0.25, -0.2) is 0 Å². The summed E-state index contributed by atoms with van der Waals surface area (Å²) in [5, 5.41) is 4.39. The number of fused-ring (bicyclic) bond motifs is 2. The Balaban J connectivity index is 0.00000147. The molecule has 2 aliphatic heterocycles. The minimum atomic E-state index is 0. The number of nitrogens with one attached hydrogen (secondary N) is 1. The zero-order chi connectivity index (χ0) is 13.4. The summed E-state index contributed by atoms with van der Waals surface area (Å²) in [6.07, 6.45) is 3.20. The van der Waals surface area contributed by atoms with Crippen LogP contribution in [-0.4, -0.2) is 36.0 Å². The molecule has 2 heterocycles. The predicted molar refractivity (Wildman–Crippen MR) is 84.2 cm³/mol. The van der Waals surface area contributed by atoms with Crippen molar-refractivity contribution in [2.45, 2.75) is 31.3 Å². The SMILES string of the molecule is Cl.O=C(c1ccc(Cl)cc1Cl)N1C2CCNCC1CC2. The first-order valence-corrected chi connectivity index (χ1v) is 7.41. The van der Waals surface area contributed by atoms with Crippen molar-refractivity contribution in [1.29, 1.82) is 0 Å². The number of benzene rings is 1. The van der Waals surface area contributed by atoms with Crippen LogP contribution in [0.2, 0.25) is 10.0 Å². The highest BCUT2D eigenvalue weighted by Crippen LogP contribution is 2.31. The maximum atomic E-state index is 12.7. The lowest BCUT2D eigenvalue weighted by Crippen LogP contribution is -2.42. The van der Waals surface area contributed by atoms with Crippen molar-refractivity contribution in [3.8, 4) is 0 Å². The number of amides is 1. The van der Waals surface area contributed by atoms with E-state index < -0.39 is 0 Å². The minimum absolute atomic E-state index is 0. The van der Waals surface area contributed by atoms with Gasteiger partial charge in [0.15, 0.2) is 0 Å². The molecule has 2 bridgehead atoms. The number of hydrogen-bond acceptors (Lipinski definition) is 2. The number of rotatable bonds is 1.